The summed E-state index contributed by atoms with van der Waals surface area (Å²) in [6, 6.07) is 8.72. The van der Waals surface area contributed by atoms with Crippen LogP contribution in [0.5, 0.6) is 5.75 Å². The average Bonchev–Trinajstić information content (AvgIpc) is 3.40. The number of nitrogens with one attached hydrogen (secondary N) is 1. The molecule has 1 saturated carbocycles. The van der Waals surface area contributed by atoms with E-state index < -0.39 is 0 Å². The normalized spacial score (nSPS) is 18.8. The molecule has 5 heteroatoms. The van der Waals surface area contributed by atoms with Crippen LogP contribution < -0.4 is 10.1 Å². The van der Waals surface area contributed by atoms with Crippen molar-refractivity contribution in [3.05, 3.63) is 59.2 Å². The molecular weight excluding hydrogens is 330 g/mol. The largest absolute Gasteiger partial charge is 0.489 e. The van der Waals surface area contributed by atoms with Crippen molar-refractivity contribution in [3.8, 4) is 5.75 Å². The molecule has 0 amide bonds. The van der Waals surface area contributed by atoms with Gasteiger partial charge in [-0.25, -0.2) is 9.97 Å². The van der Waals surface area contributed by atoms with Gasteiger partial charge in [0.05, 0.1) is 24.6 Å². The van der Waals surface area contributed by atoms with Gasteiger partial charge in [-0.15, -0.1) is 0 Å². The lowest BCUT2D eigenvalue weighted by Gasteiger charge is -2.13. The lowest BCUT2D eigenvalue weighted by Crippen LogP contribution is -2.11. The molecular formula is C20H23N3OS. The van der Waals surface area contributed by atoms with Gasteiger partial charge in [0.25, 0.3) is 0 Å². The van der Waals surface area contributed by atoms with Gasteiger partial charge < -0.3 is 10.1 Å². The maximum absolute atomic E-state index is 6.10. The number of aromatic nitrogens is 2. The van der Waals surface area contributed by atoms with E-state index in [-0.39, 0.29) is 6.04 Å². The molecule has 1 fully saturated rings. The van der Waals surface area contributed by atoms with E-state index in [1.165, 1.54) is 24.0 Å². The van der Waals surface area contributed by atoms with Crippen LogP contribution in [0.1, 0.15) is 41.5 Å². The second-order valence-corrected chi connectivity index (χ2v) is 7.49. The Morgan fingerprint density at radius 2 is 2.12 bits per heavy atom. The Labute approximate surface area is 153 Å². The third-order valence-corrected chi connectivity index (χ3v) is 5.28. The topological polar surface area (TPSA) is 47.0 Å². The maximum atomic E-state index is 6.10. The highest BCUT2D eigenvalue weighted by molar-refractivity contribution is 7.97. The molecule has 2 aliphatic carbocycles. The lowest BCUT2D eigenvalue weighted by molar-refractivity contribution is 0.296. The quantitative estimate of drug-likeness (QED) is 0.820. The molecule has 4 nitrogen and oxygen atoms in total. The van der Waals surface area contributed by atoms with E-state index in [0.29, 0.717) is 5.92 Å². The Kier molecular flexibility index (Phi) is 4.77. The number of likely N-dealkylation sites (N-methyl/N-ethyl adjacent to an activating group) is 1. The Balaban J connectivity index is 1.75. The molecule has 4 rings (SSSR count). The van der Waals surface area contributed by atoms with Gasteiger partial charge in [0.2, 0.25) is 0 Å². The van der Waals surface area contributed by atoms with Crippen LogP contribution in [0.15, 0.2) is 36.5 Å². The van der Waals surface area contributed by atoms with Gasteiger partial charge in [0.15, 0.2) is 5.75 Å². The zero-order valence-corrected chi connectivity index (χ0v) is 15.5. The first-order chi connectivity index (χ1) is 12.3. The second kappa shape index (κ2) is 7.18. The molecule has 2 aromatic rings. The van der Waals surface area contributed by atoms with E-state index in [9.17, 15) is 0 Å². The van der Waals surface area contributed by atoms with E-state index in [1.54, 1.807) is 11.8 Å². The minimum absolute atomic E-state index is 0.210. The fourth-order valence-electron chi connectivity index (χ4n) is 3.20. The summed E-state index contributed by atoms with van der Waals surface area (Å²) in [5, 5.41) is 3.37. The first-order valence-electron chi connectivity index (χ1n) is 8.76. The van der Waals surface area contributed by atoms with E-state index in [4.69, 9.17) is 9.72 Å². The summed E-state index contributed by atoms with van der Waals surface area (Å²) in [4.78, 5) is 9.35. The average molecular weight is 353 g/mol. The molecule has 1 atom stereocenters. The van der Waals surface area contributed by atoms with Crippen LogP contribution in [0.3, 0.4) is 0 Å². The van der Waals surface area contributed by atoms with Crippen molar-refractivity contribution >= 4 is 17.3 Å². The molecule has 1 unspecified atom stereocenters. The fraction of sp³-hybridized carbons (Fsp3) is 0.400. The van der Waals surface area contributed by atoms with Gasteiger partial charge in [0, 0.05) is 5.57 Å². The molecule has 25 heavy (non-hydrogen) atoms. The van der Waals surface area contributed by atoms with Crippen molar-refractivity contribution in [2.75, 3.05) is 19.9 Å². The summed E-state index contributed by atoms with van der Waals surface area (Å²) in [5.74, 6) is 3.16. The van der Waals surface area contributed by atoms with Crippen molar-refractivity contribution in [3.63, 3.8) is 0 Å². The van der Waals surface area contributed by atoms with Gasteiger partial charge in [0.1, 0.15) is 11.5 Å². The predicted molar refractivity (Wildman–Crippen MR) is 103 cm³/mol. The molecule has 0 radical (unpaired) electrons. The Hall–Kier alpha value is -1.85. The predicted octanol–water partition coefficient (Wildman–Crippen LogP) is 3.83. The molecule has 0 bridgehead atoms. The number of hydrogen-bond donors (Lipinski definition) is 1. The van der Waals surface area contributed by atoms with Gasteiger partial charge in [-0.05, 0) is 43.2 Å². The zero-order valence-electron chi connectivity index (χ0n) is 14.7. The monoisotopic (exact) mass is 353 g/mol. The highest BCUT2D eigenvalue weighted by atomic mass is 32.2. The van der Waals surface area contributed by atoms with Crippen molar-refractivity contribution in [2.45, 2.75) is 24.6 Å². The second-order valence-electron chi connectivity index (χ2n) is 6.62. The van der Waals surface area contributed by atoms with Crippen molar-refractivity contribution in [1.29, 1.82) is 0 Å². The van der Waals surface area contributed by atoms with Crippen LogP contribution in [0, 0.1) is 5.92 Å². The zero-order chi connectivity index (χ0) is 17.2. The van der Waals surface area contributed by atoms with Crippen LogP contribution in [0.25, 0.3) is 5.57 Å². The summed E-state index contributed by atoms with van der Waals surface area (Å²) in [6.07, 6.45) is 8.72. The molecule has 1 aromatic carbocycles. The fourth-order valence-corrected chi connectivity index (χ4v) is 3.60. The Bertz CT molecular complexity index is 801. The maximum Gasteiger partial charge on any atom is 0.163 e. The molecule has 0 aliphatic heterocycles. The Morgan fingerprint density at radius 1 is 1.28 bits per heavy atom. The van der Waals surface area contributed by atoms with Crippen molar-refractivity contribution in [2.24, 2.45) is 5.92 Å². The number of benzene rings is 1. The standard InChI is InChI=1S/C20H23N3OS/c1-21-17-9-16(14-5-3-4-6-15(14)17)20-18(24-11-13-7-8-13)10-22-19(23-20)12-25-2/h3-6,9-10,13,17,21H,7-8,11-12H2,1-2H3. The summed E-state index contributed by atoms with van der Waals surface area (Å²) in [5.41, 5.74) is 4.58. The van der Waals surface area contributed by atoms with Crippen LogP contribution in [0.2, 0.25) is 0 Å². The number of fused-ring (bicyclic) bond motifs is 1. The van der Waals surface area contributed by atoms with Crippen LogP contribution in [-0.2, 0) is 5.75 Å². The highest BCUT2D eigenvalue weighted by Gasteiger charge is 2.27. The molecule has 1 aromatic heterocycles. The van der Waals surface area contributed by atoms with E-state index in [1.807, 2.05) is 13.2 Å². The lowest BCUT2D eigenvalue weighted by atomic mass is 10.0. The van der Waals surface area contributed by atoms with Crippen molar-refractivity contribution in [1.82, 2.24) is 15.3 Å². The van der Waals surface area contributed by atoms with Gasteiger partial charge in [-0.1, -0.05) is 30.3 Å². The van der Waals surface area contributed by atoms with E-state index in [0.717, 1.165) is 35.2 Å². The highest BCUT2D eigenvalue weighted by Crippen LogP contribution is 2.40. The molecule has 1 heterocycles. The van der Waals surface area contributed by atoms with Gasteiger partial charge in [-0.2, -0.15) is 11.8 Å². The number of nitrogens with zero attached hydrogens (tertiary/aromatic N) is 2. The summed E-state index contributed by atoms with van der Waals surface area (Å²) >= 11 is 1.73. The SMILES string of the molecule is CNC1C=C(c2nc(CSC)ncc2OCC2CC2)c2ccccc21. The number of hydrogen-bond acceptors (Lipinski definition) is 5. The van der Waals surface area contributed by atoms with Crippen molar-refractivity contribution < 1.29 is 4.74 Å². The summed E-state index contributed by atoms with van der Waals surface area (Å²) in [6.45, 7) is 0.766. The van der Waals surface area contributed by atoms with Gasteiger partial charge in [-0.3, -0.25) is 0 Å². The minimum Gasteiger partial charge on any atom is -0.489 e. The number of thioether (sulfide) groups is 1. The first kappa shape index (κ1) is 16.6. The number of rotatable bonds is 7. The summed E-state index contributed by atoms with van der Waals surface area (Å²) < 4.78 is 6.10. The van der Waals surface area contributed by atoms with E-state index >= 15 is 0 Å². The Morgan fingerprint density at radius 3 is 2.88 bits per heavy atom. The van der Waals surface area contributed by atoms with E-state index in [2.05, 4.69) is 46.9 Å². The molecule has 2 aliphatic rings. The first-order valence-corrected chi connectivity index (χ1v) is 10.2. The minimum atomic E-state index is 0.210. The van der Waals surface area contributed by atoms with Crippen LogP contribution in [-0.4, -0.2) is 29.9 Å². The molecule has 1 N–H and O–H groups in total. The third kappa shape index (κ3) is 3.44. The smallest absolute Gasteiger partial charge is 0.163 e. The molecule has 0 spiro atoms. The third-order valence-electron chi connectivity index (χ3n) is 4.74. The van der Waals surface area contributed by atoms with Crippen LogP contribution in [0.4, 0.5) is 0 Å². The number of ether oxygens (including phenoxy) is 1. The molecule has 0 saturated heterocycles. The van der Waals surface area contributed by atoms with Crippen LogP contribution >= 0.6 is 11.8 Å². The summed E-state index contributed by atoms with van der Waals surface area (Å²) in [7, 11) is 1.99. The molecule has 130 valence electrons. The van der Waals surface area contributed by atoms with Gasteiger partial charge >= 0.3 is 0 Å².